The van der Waals surface area contributed by atoms with Crippen LogP contribution in [0.25, 0.3) is 11.1 Å². The third kappa shape index (κ3) is 6.46. The van der Waals surface area contributed by atoms with Crippen molar-refractivity contribution in [1.82, 2.24) is 5.32 Å². The first-order valence-electron chi connectivity index (χ1n) is 9.76. The maximum atomic E-state index is 13.5. The molecule has 3 aromatic carbocycles. The SMILES string of the molecule is O=C(COC(=O)CCNC(=O)c1ccc(F)cc1F)Nc1ccc(-c2ccccc2)cc1. The largest absolute Gasteiger partial charge is 0.456 e. The summed E-state index contributed by atoms with van der Waals surface area (Å²) >= 11 is 0. The molecule has 0 saturated heterocycles. The first-order chi connectivity index (χ1) is 15.4. The first kappa shape index (κ1) is 22.6. The molecule has 2 amide bonds. The van der Waals surface area contributed by atoms with Gasteiger partial charge < -0.3 is 15.4 Å². The van der Waals surface area contributed by atoms with Gasteiger partial charge in [-0.3, -0.25) is 14.4 Å². The fourth-order valence-corrected chi connectivity index (χ4v) is 2.84. The maximum absolute atomic E-state index is 13.5. The monoisotopic (exact) mass is 438 g/mol. The topological polar surface area (TPSA) is 84.5 Å². The normalized spacial score (nSPS) is 10.3. The van der Waals surface area contributed by atoms with Gasteiger partial charge in [-0.15, -0.1) is 0 Å². The Labute approximate surface area is 183 Å². The van der Waals surface area contributed by atoms with E-state index in [0.717, 1.165) is 23.3 Å². The van der Waals surface area contributed by atoms with Gasteiger partial charge in [0, 0.05) is 18.3 Å². The van der Waals surface area contributed by atoms with Crippen LogP contribution in [0.1, 0.15) is 16.8 Å². The van der Waals surface area contributed by atoms with Crippen molar-refractivity contribution in [1.29, 1.82) is 0 Å². The predicted molar refractivity (Wildman–Crippen MR) is 115 cm³/mol. The van der Waals surface area contributed by atoms with E-state index in [-0.39, 0.29) is 18.5 Å². The fourth-order valence-electron chi connectivity index (χ4n) is 2.84. The van der Waals surface area contributed by atoms with Crippen molar-refractivity contribution in [2.45, 2.75) is 6.42 Å². The van der Waals surface area contributed by atoms with Crippen LogP contribution in [0.4, 0.5) is 14.5 Å². The van der Waals surface area contributed by atoms with E-state index >= 15 is 0 Å². The van der Waals surface area contributed by atoms with E-state index < -0.39 is 36.0 Å². The highest BCUT2D eigenvalue weighted by molar-refractivity contribution is 5.95. The lowest BCUT2D eigenvalue weighted by Gasteiger charge is -2.09. The summed E-state index contributed by atoms with van der Waals surface area (Å²) in [5.74, 6) is -3.80. The third-order valence-electron chi connectivity index (χ3n) is 4.43. The molecule has 0 aliphatic carbocycles. The number of anilines is 1. The molecule has 0 aliphatic heterocycles. The summed E-state index contributed by atoms with van der Waals surface area (Å²) in [6.45, 7) is -0.614. The van der Waals surface area contributed by atoms with Gasteiger partial charge in [0.15, 0.2) is 6.61 Å². The summed E-state index contributed by atoms with van der Waals surface area (Å²) < 4.78 is 31.3. The number of rotatable bonds is 8. The van der Waals surface area contributed by atoms with Crippen LogP contribution in [-0.2, 0) is 14.3 Å². The zero-order valence-corrected chi connectivity index (χ0v) is 16.9. The van der Waals surface area contributed by atoms with Crippen molar-refractivity contribution in [3.05, 3.63) is 90.0 Å². The van der Waals surface area contributed by atoms with Gasteiger partial charge in [-0.2, -0.15) is 0 Å². The average Bonchev–Trinajstić information content (AvgIpc) is 2.78. The number of amides is 2. The lowest BCUT2D eigenvalue weighted by Crippen LogP contribution is -2.28. The van der Waals surface area contributed by atoms with E-state index in [1.807, 2.05) is 42.5 Å². The Balaban J connectivity index is 1.38. The Hall–Kier alpha value is -4.07. The highest BCUT2D eigenvalue weighted by Crippen LogP contribution is 2.20. The van der Waals surface area contributed by atoms with Crippen LogP contribution in [0.3, 0.4) is 0 Å². The van der Waals surface area contributed by atoms with Crippen LogP contribution in [0, 0.1) is 11.6 Å². The van der Waals surface area contributed by atoms with Gasteiger partial charge in [0.1, 0.15) is 11.6 Å². The lowest BCUT2D eigenvalue weighted by atomic mass is 10.1. The highest BCUT2D eigenvalue weighted by Gasteiger charge is 2.13. The van der Waals surface area contributed by atoms with E-state index in [2.05, 4.69) is 10.6 Å². The molecule has 2 N–H and O–H groups in total. The van der Waals surface area contributed by atoms with Gasteiger partial charge in [-0.25, -0.2) is 8.78 Å². The van der Waals surface area contributed by atoms with Crippen molar-refractivity contribution in [3.63, 3.8) is 0 Å². The van der Waals surface area contributed by atoms with Gasteiger partial charge in [-0.05, 0) is 35.4 Å². The van der Waals surface area contributed by atoms with Crippen LogP contribution in [-0.4, -0.2) is 30.9 Å². The molecule has 0 atom stereocenters. The second kappa shape index (κ2) is 10.8. The van der Waals surface area contributed by atoms with Crippen LogP contribution in [0.15, 0.2) is 72.8 Å². The quantitative estimate of drug-likeness (QED) is 0.522. The van der Waals surface area contributed by atoms with E-state index in [1.54, 1.807) is 12.1 Å². The molecule has 3 aromatic rings. The third-order valence-corrected chi connectivity index (χ3v) is 4.43. The van der Waals surface area contributed by atoms with E-state index in [9.17, 15) is 23.2 Å². The summed E-state index contributed by atoms with van der Waals surface area (Å²) in [7, 11) is 0. The molecule has 0 fully saturated rings. The molecule has 164 valence electrons. The molecule has 0 saturated carbocycles. The highest BCUT2D eigenvalue weighted by atomic mass is 19.1. The van der Waals surface area contributed by atoms with Crippen LogP contribution in [0.5, 0.6) is 0 Å². The zero-order chi connectivity index (χ0) is 22.9. The van der Waals surface area contributed by atoms with Crippen LogP contribution in [0.2, 0.25) is 0 Å². The number of hydrogen-bond donors (Lipinski definition) is 2. The Kier molecular flexibility index (Phi) is 7.64. The molecule has 8 heteroatoms. The van der Waals surface area contributed by atoms with Gasteiger partial charge in [0.2, 0.25) is 0 Å². The molecule has 6 nitrogen and oxygen atoms in total. The van der Waals surface area contributed by atoms with Crippen molar-refractivity contribution in [2.24, 2.45) is 0 Å². The number of nitrogens with one attached hydrogen (secondary N) is 2. The molecule has 0 bridgehead atoms. The number of carbonyl (C=O) groups excluding carboxylic acids is 3. The van der Waals surface area contributed by atoms with Crippen molar-refractivity contribution in [3.8, 4) is 11.1 Å². The summed E-state index contributed by atoms with van der Waals surface area (Å²) in [6, 6.07) is 19.5. The standard InChI is InChI=1S/C24H20F2N2O4/c25-18-8-11-20(21(26)14-18)24(31)27-13-12-23(30)32-15-22(29)28-19-9-6-17(7-10-19)16-4-2-1-3-5-16/h1-11,14H,12-13,15H2,(H,27,31)(H,28,29). The first-order valence-corrected chi connectivity index (χ1v) is 9.76. The molecule has 0 radical (unpaired) electrons. The summed E-state index contributed by atoms with van der Waals surface area (Å²) in [4.78, 5) is 35.6. The zero-order valence-electron chi connectivity index (χ0n) is 16.9. The lowest BCUT2D eigenvalue weighted by molar-refractivity contribution is -0.147. The molecule has 32 heavy (non-hydrogen) atoms. The summed E-state index contributed by atoms with van der Waals surface area (Å²) in [6.07, 6.45) is -0.215. The van der Waals surface area contributed by atoms with Crippen LogP contribution < -0.4 is 10.6 Å². The van der Waals surface area contributed by atoms with Crippen molar-refractivity contribution >= 4 is 23.5 Å². The summed E-state index contributed by atoms with van der Waals surface area (Å²) in [5.41, 5.74) is 2.27. The van der Waals surface area contributed by atoms with Gasteiger partial charge in [0.25, 0.3) is 11.8 Å². The second-order valence-electron chi connectivity index (χ2n) is 6.78. The minimum Gasteiger partial charge on any atom is -0.456 e. The minimum absolute atomic E-state index is 0.128. The molecule has 0 aromatic heterocycles. The summed E-state index contributed by atoms with van der Waals surface area (Å²) in [5, 5.41) is 4.96. The number of hydrogen-bond acceptors (Lipinski definition) is 4. The van der Waals surface area contributed by atoms with Gasteiger partial charge >= 0.3 is 5.97 Å². The van der Waals surface area contributed by atoms with E-state index in [4.69, 9.17) is 4.74 Å². The Morgan fingerprint density at radius 3 is 2.22 bits per heavy atom. The number of carbonyl (C=O) groups is 3. The molecule has 0 heterocycles. The predicted octanol–water partition coefficient (Wildman–Crippen LogP) is 3.93. The Bertz CT molecular complexity index is 1100. The fraction of sp³-hybridized carbons (Fsp3) is 0.125. The molecule has 3 rings (SSSR count). The maximum Gasteiger partial charge on any atom is 0.308 e. The minimum atomic E-state index is -1.00. The number of ether oxygens (including phenoxy) is 1. The average molecular weight is 438 g/mol. The Morgan fingerprint density at radius 1 is 0.844 bits per heavy atom. The van der Waals surface area contributed by atoms with Gasteiger partial charge in [0.05, 0.1) is 12.0 Å². The Morgan fingerprint density at radius 2 is 1.53 bits per heavy atom. The van der Waals surface area contributed by atoms with Crippen LogP contribution >= 0.6 is 0 Å². The van der Waals surface area contributed by atoms with Gasteiger partial charge in [-0.1, -0.05) is 42.5 Å². The van der Waals surface area contributed by atoms with E-state index in [1.165, 1.54) is 0 Å². The van der Waals surface area contributed by atoms with Crippen molar-refractivity contribution < 1.29 is 27.9 Å². The van der Waals surface area contributed by atoms with E-state index in [0.29, 0.717) is 11.8 Å². The molecular weight excluding hydrogens is 418 g/mol. The number of halogens is 2. The molecule has 0 aliphatic rings. The molecule has 0 spiro atoms. The number of benzene rings is 3. The number of esters is 1. The van der Waals surface area contributed by atoms with Crippen molar-refractivity contribution in [2.75, 3.05) is 18.5 Å². The molecule has 0 unspecified atom stereocenters. The smallest absolute Gasteiger partial charge is 0.308 e. The second-order valence-corrected chi connectivity index (χ2v) is 6.78. The molecular formula is C24H20F2N2O4.